The van der Waals surface area contributed by atoms with Crippen LogP contribution in [0.4, 0.5) is 0 Å². The Labute approximate surface area is 106 Å². The van der Waals surface area contributed by atoms with Crippen molar-refractivity contribution in [3.8, 4) is 11.5 Å². The van der Waals surface area contributed by atoms with Gasteiger partial charge in [0.15, 0.2) is 5.82 Å². The van der Waals surface area contributed by atoms with Crippen LogP contribution in [0.2, 0.25) is 0 Å². The molecular formula is C14H17N3O. The molecule has 18 heavy (non-hydrogen) atoms. The van der Waals surface area contributed by atoms with Crippen LogP contribution in [0.25, 0.3) is 11.5 Å². The van der Waals surface area contributed by atoms with Crippen molar-refractivity contribution in [1.29, 1.82) is 0 Å². The molecule has 1 atom stereocenters. The molecule has 1 aromatic heterocycles. The average molecular weight is 243 g/mol. The van der Waals surface area contributed by atoms with E-state index in [1.165, 1.54) is 18.4 Å². The first-order valence-electron chi connectivity index (χ1n) is 6.47. The van der Waals surface area contributed by atoms with Gasteiger partial charge in [-0.25, -0.2) is 0 Å². The van der Waals surface area contributed by atoms with Crippen molar-refractivity contribution >= 4 is 0 Å². The molecule has 1 N–H and O–H groups in total. The van der Waals surface area contributed by atoms with Crippen molar-refractivity contribution in [2.75, 3.05) is 6.54 Å². The van der Waals surface area contributed by atoms with Crippen LogP contribution in [0.15, 0.2) is 28.8 Å². The highest BCUT2D eigenvalue weighted by atomic mass is 16.5. The molecule has 3 rings (SSSR count). The molecule has 4 nitrogen and oxygen atoms in total. The van der Waals surface area contributed by atoms with Crippen LogP contribution in [0.5, 0.6) is 0 Å². The minimum Gasteiger partial charge on any atom is -0.334 e. The normalized spacial score (nSPS) is 19.9. The number of hydrogen-bond acceptors (Lipinski definition) is 4. The van der Waals surface area contributed by atoms with Gasteiger partial charge in [-0.15, -0.1) is 0 Å². The molecule has 0 saturated carbocycles. The number of hydrogen-bond donors (Lipinski definition) is 1. The van der Waals surface area contributed by atoms with Crippen LogP contribution in [0.3, 0.4) is 0 Å². The fraction of sp³-hybridized carbons (Fsp3) is 0.429. The van der Waals surface area contributed by atoms with E-state index < -0.39 is 0 Å². The Morgan fingerprint density at radius 1 is 1.22 bits per heavy atom. The highest BCUT2D eigenvalue weighted by Gasteiger charge is 2.20. The van der Waals surface area contributed by atoms with Crippen molar-refractivity contribution in [3.63, 3.8) is 0 Å². The summed E-state index contributed by atoms with van der Waals surface area (Å²) in [7, 11) is 0. The molecule has 2 heterocycles. The Kier molecular flexibility index (Phi) is 3.11. The topological polar surface area (TPSA) is 51.0 Å². The highest BCUT2D eigenvalue weighted by Crippen LogP contribution is 2.24. The van der Waals surface area contributed by atoms with Crippen molar-refractivity contribution in [2.45, 2.75) is 32.2 Å². The minimum atomic E-state index is 0.252. The summed E-state index contributed by atoms with van der Waals surface area (Å²) in [6.45, 7) is 3.11. The van der Waals surface area contributed by atoms with Crippen molar-refractivity contribution in [3.05, 3.63) is 35.7 Å². The molecule has 0 bridgehead atoms. The third-order valence-corrected chi connectivity index (χ3v) is 3.36. The van der Waals surface area contributed by atoms with E-state index in [4.69, 9.17) is 4.52 Å². The van der Waals surface area contributed by atoms with Gasteiger partial charge in [0.1, 0.15) is 0 Å². The maximum Gasteiger partial charge on any atom is 0.257 e. The second-order valence-electron chi connectivity index (χ2n) is 4.83. The van der Waals surface area contributed by atoms with Crippen LogP contribution < -0.4 is 5.32 Å². The first-order valence-corrected chi connectivity index (χ1v) is 6.47. The average Bonchev–Trinajstić information content (AvgIpc) is 2.90. The number of aromatic nitrogens is 2. The number of nitrogens with one attached hydrogen (secondary N) is 1. The van der Waals surface area contributed by atoms with E-state index in [9.17, 15) is 0 Å². The van der Waals surface area contributed by atoms with Gasteiger partial charge in [0.05, 0.1) is 6.04 Å². The van der Waals surface area contributed by atoms with Gasteiger partial charge in [-0.1, -0.05) is 29.3 Å². The predicted octanol–water partition coefficient (Wildman–Crippen LogP) is 2.86. The Hall–Kier alpha value is -1.68. The lowest BCUT2D eigenvalue weighted by atomic mass is 10.0. The zero-order valence-corrected chi connectivity index (χ0v) is 10.5. The second kappa shape index (κ2) is 4.90. The van der Waals surface area contributed by atoms with Gasteiger partial charge in [0.25, 0.3) is 5.89 Å². The zero-order valence-electron chi connectivity index (χ0n) is 10.5. The summed E-state index contributed by atoms with van der Waals surface area (Å²) in [4.78, 5) is 4.49. The third-order valence-electron chi connectivity index (χ3n) is 3.36. The van der Waals surface area contributed by atoms with Gasteiger partial charge in [0.2, 0.25) is 0 Å². The Morgan fingerprint density at radius 3 is 2.78 bits per heavy atom. The maximum absolute atomic E-state index is 5.34. The lowest BCUT2D eigenvalue weighted by molar-refractivity contribution is 0.367. The zero-order chi connectivity index (χ0) is 12.4. The van der Waals surface area contributed by atoms with Crippen LogP contribution in [0.1, 0.15) is 36.7 Å². The molecule has 1 fully saturated rings. The number of benzene rings is 1. The van der Waals surface area contributed by atoms with E-state index in [2.05, 4.69) is 34.5 Å². The fourth-order valence-electron chi connectivity index (χ4n) is 2.26. The smallest absolute Gasteiger partial charge is 0.257 e. The lowest BCUT2D eigenvalue weighted by Gasteiger charge is -2.19. The van der Waals surface area contributed by atoms with Gasteiger partial charge >= 0.3 is 0 Å². The minimum absolute atomic E-state index is 0.252. The largest absolute Gasteiger partial charge is 0.334 e. The van der Waals surface area contributed by atoms with Gasteiger partial charge in [-0.05, 0) is 38.4 Å². The van der Waals surface area contributed by atoms with Crippen LogP contribution in [-0.4, -0.2) is 16.7 Å². The highest BCUT2D eigenvalue weighted by molar-refractivity contribution is 5.53. The summed E-state index contributed by atoms with van der Waals surface area (Å²) in [5, 5.41) is 7.51. The van der Waals surface area contributed by atoms with E-state index in [0.717, 1.165) is 24.4 Å². The fourth-order valence-corrected chi connectivity index (χ4v) is 2.26. The Bertz CT molecular complexity index is 512. The van der Waals surface area contributed by atoms with Crippen LogP contribution in [0, 0.1) is 6.92 Å². The number of piperidine rings is 1. The molecule has 2 aromatic rings. The number of aryl methyl sites for hydroxylation is 1. The molecule has 0 spiro atoms. The molecular weight excluding hydrogens is 226 g/mol. The quantitative estimate of drug-likeness (QED) is 0.881. The Balaban J connectivity index is 1.82. The summed E-state index contributed by atoms with van der Waals surface area (Å²) in [6.07, 6.45) is 3.55. The summed E-state index contributed by atoms with van der Waals surface area (Å²) >= 11 is 0. The van der Waals surface area contributed by atoms with Crippen LogP contribution >= 0.6 is 0 Å². The summed E-state index contributed by atoms with van der Waals surface area (Å²) in [6, 6.07) is 8.39. The van der Waals surface area contributed by atoms with Gasteiger partial charge in [0, 0.05) is 5.56 Å². The summed E-state index contributed by atoms with van der Waals surface area (Å²) in [5.41, 5.74) is 2.21. The molecule has 0 aliphatic carbocycles. The van der Waals surface area contributed by atoms with Gasteiger partial charge in [-0.2, -0.15) is 4.98 Å². The molecule has 1 unspecified atom stereocenters. The SMILES string of the molecule is Cc1ccc(-c2nc(C3CCCCN3)no2)cc1. The molecule has 4 heteroatoms. The molecule has 1 aliphatic heterocycles. The molecule has 0 radical (unpaired) electrons. The van der Waals surface area contributed by atoms with E-state index >= 15 is 0 Å². The van der Waals surface area contributed by atoms with E-state index in [1.807, 2.05) is 12.1 Å². The molecule has 1 aromatic carbocycles. The molecule has 0 amide bonds. The number of nitrogens with zero attached hydrogens (tertiary/aromatic N) is 2. The van der Waals surface area contributed by atoms with Crippen molar-refractivity contribution in [1.82, 2.24) is 15.5 Å². The summed E-state index contributed by atoms with van der Waals surface area (Å²) < 4.78 is 5.34. The standard InChI is InChI=1S/C14H17N3O/c1-10-5-7-11(8-6-10)14-16-13(17-18-14)12-4-2-3-9-15-12/h5-8,12,15H,2-4,9H2,1H3. The molecule has 94 valence electrons. The lowest BCUT2D eigenvalue weighted by Crippen LogP contribution is -2.27. The predicted molar refractivity (Wildman–Crippen MR) is 69.1 cm³/mol. The first kappa shape index (κ1) is 11.4. The van der Waals surface area contributed by atoms with E-state index in [-0.39, 0.29) is 6.04 Å². The third kappa shape index (κ3) is 2.29. The monoisotopic (exact) mass is 243 g/mol. The summed E-state index contributed by atoms with van der Waals surface area (Å²) in [5.74, 6) is 1.39. The van der Waals surface area contributed by atoms with E-state index in [0.29, 0.717) is 5.89 Å². The molecule has 1 saturated heterocycles. The van der Waals surface area contributed by atoms with Gasteiger partial charge in [-0.3, -0.25) is 0 Å². The van der Waals surface area contributed by atoms with Gasteiger partial charge < -0.3 is 9.84 Å². The first-order chi connectivity index (χ1) is 8.83. The molecule has 1 aliphatic rings. The van der Waals surface area contributed by atoms with Crippen LogP contribution in [-0.2, 0) is 0 Å². The van der Waals surface area contributed by atoms with Crippen molar-refractivity contribution < 1.29 is 4.52 Å². The van der Waals surface area contributed by atoms with Crippen molar-refractivity contribution in [2.24, 2.45) is 0 Å². The second-order valence-corrected chi connectivity index (χ2v) is 4.83. The Morgan fingerprint density at radius 2 is 2.06 bits per heavy atom. The maximum atomic E-state index is 5.34. The van der Waals surface area contributed by atoms with E-state index in [1.54, 1.807) is 0 Å². The number of rotatable bonds is 2.